The Kier molecular flexibility index (Phi) is 4.98. The molecule has 0 spiro atoms. The molecule has 1 aliphatic rings. The highest BCUT2D eigenvalue weighted by Crippen LogP contribution is 2.34. The molecule has 7 heteroatoms. The lowest BCUT2D eigenvalue weighted by Gasteiger charge is -2.20. The van der Waals surface area contributed by atoms with Crippen molar-refractivity contribution in [1.29, 1.82) is 0 Å². The zero-order valence-corrected chi connectivity index (χ0v) is 13.9. The summed E-state index contributed by atoms with van der Waals surface area (Å²) >= 11 is 8.84. The van der Waals surface area contributed by atoms with Crippen molar-refractivity contribution in [3.63, 3.8) is 0 Å². The average Bonchev–Trinajstić information content (AvgIpc) is 3.09. The summed E-state index contributed by atoms with van der Waals surface area (Å²) in [5, 5.41) is 0. The molecule has 108 valence electrons. The Morgan fingerprint density at radius 3 is 2.68 bits per heavy atom. The van der Waals surface area contributed by atoms with Crippen LogP contribution < -0.4 is 0 Å². The Morgan fingerprint density at radius 1 is 1.53 bits per heavy atom. The van der Waals surface area contributed by atoms with E-state index in [4.69, 9.17) is 16.0 Å². The van der Waals surface area contributed by atoms with Crippen LogP contribution in [0.3, 0.4) is 0 Å². The molecule has 1 fully saturated rings. The monoisotopic (exact) mass is 369 g/mol. The van der Waals surface area contributed by atoms with Gasteiger partial charge in [0.05, 0.1) is 5.88 Å². The van der Waals surface area contributed by atoms with E-state index in [1.807, 2.05) is 6.92 Å². The Hall–Kier alpha value is -0.0400. The number of hydrogen-bond donors (Lipinski definition) is 0. The predicted molar refractivity (Wildman–Crippen MR) is 77.7 cm³/mol. The predicted octanol–water partition coefficient (Wildman–Crippen LogP) is 3.59. The highest BCUT2D eigenvalue weighted by molar-refractivity contribution is 9.10. The molecule has 1 heterocycles. The van der Waals surface area contributed by atoms with Gasteiger partial charge in [0.25, 0.3) is 0 Å². The highest BCUT2D eigenvalue weighted by Gasteiger charge is 2.33. The van der Waals surface area contributed by atoms with Crippen LogP contribution in [0.2, 0.25) is 0 Å². The second-order valence-corrected chi connectivity index (χ2v) is 7.68. The van der Waals surface area contributed by atoms with Crippen LogP contribution in [0.15, 0.2) is 20.0 Å². The summed E-state index contributed by atoms with van der Waals surface area (Å²) in [5.74, 6) is 1.12. The van der Waals surface area contributed by atoms with Crippen LogP contribution in [0.4, 0.5) is 0 Å². The van der Waals surface area contributed by atoms with Gasteiger partial charge in [-0.1, -0.05) is 6.92 Å². The van der Waals surface area contributed by atoms with E-state index < -0.39 is 10.0 Å². The third-order valence-corrected chi connectivity index (χ3v) is 6.07. The minimum absolute atomic E-state index is 0.157. The molecular formula is C12H17BrClNO3S. The minimum Gasteiger partial charge on any atom is -0.452 e. The van der Waals surface area contributed by atoms with Gasteiger partial charge in [0.2, 0.25) is 10.0 Å². The van der Waals surface area contributed by atoms with Crippen LogP contribution in [0.25, 0.3) is 0 Å². The van der Waals surface area contributed by atoms with Crippen LogP contribution in [0.1, 0.15) is 31.9 Å². The standard InChI is InChI=1S/C12H17BrClNO3S/c1-2-5-15(8-9-3-4-9)19(16,17)11-6-10(7-14)18-12(11)13/h6,9H,2-5,7-8H2,1H3. The molecule has 0 radical (unpaired) electrons. The van der Waals surface area contributed by atoms with Gasteiger partial charge in [-0.15, -0.1) is 11.6 Å². The van der Waals surface area contributed by atoms with E-state index in [9.17, 15) is 8.42 Å². The number of halogens is 2. The third-order valence-electron chi connectivity index (χ3n) is 3.09. The summed E-state index contributed by atoms with van der Waals surface area (Å²) in [5.41, 5.74) is 0. The molecule has 0 saturated heterocycles. The van der Waals surface area contributed by atoms with Crippen molar-refractivity contribution < 1.29 is 12.8 Å². The van der Waals surface area contributed by atoms with Crippen molar-refractivity contribution in [3.8, 4) is 0 Å². The average molecular weight is 371 g/mol. The fourth-order valence-corrected chi connectivity index (χ4v) is 4.63. The van der Waals surface area contributed by atoms with E-state index >= 15 is 0 Å². The van der Waals surface area contributed by atoms with Crippen molar-refractivity contribution in [3.05, 3.63) is 16.5 Å². The highest BCUT2D eigenvalue weighted by atomic mass is 79.9. The van der Waals surface area contributed by atoms with Crippen molar-refractivity contribution in [2.24, 2.45) is 5.92 Å². The molecule has 0 amide bonds. The molecule has 4 nitrogen and oxygen atoms in total. The smallest absolute Gasteiger partial charge is 0.247 e. The maximum absolute atomic E-state index is 12.6. The largest absolute Gasteiger partial charge is 0.452 e. The number of rotatable bonds is 7. The van der Waals surface area contributed by atoms with Gasteiger partial charge in [-0.05, 0) is 41.1 Å². The molecule has 0 unspecified atom stereocenters. The molecule has 2 rings (SSSR count). The van der Waals surface area contributed by atoms with E-state index in [2.05, 4.69) is 15.9 Å². The van der Waals surface area contributed by atoms with E-state index in [1.165, 1.54) is 6.07 Å². The first-order valence-electron chi connectivity index (χ1n) is 6.33. The fraction of sp³-hybridized carbons (Fsp3) is 0.667. The van der Waals surface area contributed by atoms with Crippen molar-refractivity contribution >= 4 is 37.6 Å². The van der Waals surface area contributed by atoms with E-state index in [1.54, 1.807) is 4.31 Å². The number of hydrogen-bond acceptors (Lipinski definition) is 3. The SMILES string of the molecule is CCCN(CC1CC1)S(=O)(=O)c1cc(CCl)oc1Br. The van der Waals surface area contributed by atoms with Gasteiger partial charge in [0.1, 0.15) is 10.7 Å². The third kappa shape index (κ3) is 3.54. The summed E-state index contributed by atoms with van der Waals surface area (Å²) in [7, 11) is -3.50. The molecule has 0 aliphatic heterocycles. The fourth-order valence-electron chi connectivity index (χ4n) is 1.93. The molecule has 1 aromatic heterocycles. The molecule has 1 aromatic rings. The Balaban J connectivity index is 2.28. The number of nitrogens with zero attached hydrogens (tertiary/aromatic N) is 1. The first-order chi connectivity index (χ1) is 8.98. The first kappa shape index (κ1) is 15.4. The van der Waals surface area contributed by atoms with Crippen LogP contribution in [-0.2, 0) is 15.9 Å². The molecule has 0 aromatic carbocycles. The quantitative estimate of drug-likeness (QED) is 0.689. The van der Waals surface area contributed by atoms with Gasteiger partial charge in [-0.2, -0.15) is 4.31 Å². The molecule has 1 aliphatic carbocycles. The number of alkyl halides is 1. The van der Waals surface area contributed by atoms with Gasteiger partial charge in [-0.3, -0.25) is 0 Å². The lowest BCUT2D eigenvalue weighted by Crippen LogP contribution is -2.33. The van der Waals surface area contributed by atoms with Crippen LogP contribution in [-0.4, -0.2) is 25.8 Å². The number of furan rings is 1. The van der Waals surface area contributed by atoms with Gasteiger partial charge < -0.3 is 4.42 Å². The van der Waals surface area contributed by atoms with Crippen LogP contribution in [0.5, 0.6) is 0 Å². The second kappa shape index (κ2) is 6.16. The van der Waals surface area contributed by atoms with Gasteiger partial charge >= 0.3 is 0 Å². The van der Waals surface area contributed by atoms with Gasteiger partial charge in [0.15, 0.2) is 4.67 Å². The van der Waals surface area contributed by atoms with Gasteiger partial charge in [0, 0.05) is 19.2 Å². The first-order valence-corrected chi connectivity index (χ1v) is 9.10. The van der Waals surface area contributed by atoms with E-state index in [0.29, 0.717) is 24.8 Å². The molecule has 0 bridgehead atoms. The lowest BCUT2D eigenvalue weighted by molar-refractivity contribution is 0.394. The van der Waals surface area contributed by atoms with Crippen molar-refractivity contribution in [2.45, 2.75) is 37.0 Å². The van der Waals surface area contributed by atoms with Crippen molar-refractivity contribution in [1.82, 2.24) is 4.31 Å². The van der Waals surface area contributed by atoms with E-state index in [-0.39, 0.29) is 15.4 Å². The Bertz CT molecular complexity index is 539. The zero-order valence-electron chi connectivity index (χ0n) is 10.7. The maximum atomic E-state index is 12.6. The molecule has 0 atom stereocenters. The number of sulfonamides is 1. The molecule has 0 N–H and O–H groups in total. The second-order valence-electron chi connectivity index (χ2n) is 4.79. The normalized spacial score (nSPS) is 16.2. The van der Waals surface area contributed by atoms with E-state index in [0.717, 1.165) is 19.3 Å². The summed E-state index contributed by atoms with van der Waals surface area (Å²) in [6.45, 7) is 3.11. The summed E-state index contributed by atoms with van der Waals surface area (Å²) in [6.07, 6.45) is 3.04. The zero-order chi connectivity index (χ0) is 14.0. The van der Waals surface area contributed by atoms with Crippen molar-refractivity contribution in [2.75, 3.05) is 13.1 Å². The Morgan fingerprint density at radius 2 is 2.21 bits per heavy atom. The summed E-state index contributed by atoms with van der Waals surface area (Å²) < 4.78 is 32.3. The summed E-state index contributed by atoms with van der Waals surface area (Å²) in [4.78, 5) is 0.178. The molecule has 1 saturated carbocycles. The molecular weight excluding hydrogens is 354 g/mol. The molecule has 19 heavy (non-hydrogen) atoms. The topological polar surface area (TPSA) is 50.5 Å². The van der Waals surface area contributed by atoms with Crippen LogP contribution >= 0.6 is 27.5 Å². The van der Waals surface area contributed by atoms with Gasteiger partial charge in [-0.25, -0.2) is 8.42 Å². The Labute approximate surface area is 127 Å². The maximum Gasteiger partial charge on any atom is 0.247 e. The summed E-state index contributed by atoms with van der Waals surface area (Å²) in [6, 6.07) is 1.50. The van der Waals surface area contributed by atoms with Crippen LogP contribution in [0, 0.1) is 5.92 Å². The lowest BCUT2D eigenvalue weighted by atomic mass is 10.4. The minimum atomic E-state index is -3.50.